The van der Waals surface area contributed by atoms with Crippen LogP contribution in [0.25, 0.3) is 17.0 Å². The first-order valence-corrected chi connectivity index (χ1v) is 8.64. The van der Waals surface area contributed by atoms with Crippen LogP contribution in [0, 0.1) is 13.8 Å². The number of aromatic nitrogens is 6. The summed E-state index contributed by atoms with van der Waals surface area (Å²) in [6, 6.07) is 7.72. The van der Waals surface area contributed by atoms with Crippen molar-refractivity contribution in [3.05, 3.63) is 65.1 Å². The van der Waals surface area contributed by atoms with Crippen molar-refractivity contribution in [3.63, 3.8) is 0 Å². The van der Waals surface area contributed by atoms with Crippen LogP contribution in [0.4, 0.5) is 8.78 Å². The number of alkyl halides is 2. The second-order valence-electron chi connectivity index (χ2n) is 6.86. The number of hydrogen-bond donors (Lipinski definition) is 0. The Bertz CT molecular complexity index is 1150. The summed E-state index contributed by atoms with van der Waals surface area (Å²) >= 11 is 0. The largest absolute Gasteiger partial charge is 0.326 e. The molecular formula is C19H16F2N6. The number of hydrogen-bond acceptors (Lipinski definition) is 4. The summed E-state index contributed by atoms with van der Waals surface area (Å²) in [6.07, 6.45) is 2.48. The van der Waals surface area contributed by atoms with E-state index in [9.17, 15) is 8.78 Å². The average Bonchev–Trinajstić information content (AvgIpc) is 3.30. The lowest BCUT2D eigenvalue weighted by Crippen LogP contribution is -2.18. The highest BCUT2D eigenvalue weighted by Gasteiger charge is 2.38. The van der Waals surface area contributed by atoms with Crippen LogP contribution in [0.1, 0.15) is 28.5 Å². The Kier molecular flexibility index (Phi) is 3.22. The van der Waals surface area contributed by atoms with Crippen LogP contribution in [0.5, 0.6) is 0 Å². The third-order valence-corrected chi connectivity index (χ3v) is 4.88. The van der Waals surface area contributed by atoms with Crippen molar-refractivity contribution >= 4 is 5.65 Å². The van der Waals surface area contributed by atoms with Crippen molar-refractivity contribution in [2.75, 3.05) is 0 Å². The highest BCUT2D eigenvalue weighted by molar-refractivity contribution is 5.65. The molecule has 0 spiro atoms. The number of aryl methyl sites for hydroxylation is 2. The summed E-state index contributed by atoms with van der Waals surface area (Å²) in [7, 11) is 0. The van der Waals surface area contributed by atoms with Gasteiger partial charge in [0.15, 0.2) is 11.5 Å². The third kappa shape index (κ3) is 2.43. The second-order valence-corrected chi connectivity index (χ2v) is 6.86. The first-order chi connectivity index (χ1) is 12.9. The predicted octanol–water partition coefficient (Wildman–Crippen LogP) is 3.30. The molecule has 0 radical (unpaired) electrons. The first kappa shape index (κ1) is 16.0. The number of halogens is 2. The fourth-order valence-corrected chi connectivity index (χ4v) is 3.49. The van der Waals surface area contributed by atoms with E-state index in [0.717, 1.165) is 16.8 Å². The van der Waals surface area contributed by atoms with Gasteiger partial charge in [-0.15, -0.1) is 0 Å². The molecule has 0 bridgehead atoms. The lowest BCUT2D eigenvalue weighted by Gasteiger charge is -2.11. The normalized spacial score (nSPS) is 13.2. The molecule has 0 saturated heterocycles. The summed E-state index contributed by atoms with van der Waals surface area (Å²) in [5, 5.41) is 4.23. The maximum Gasteiger partial charge on any atom is 0.298 e. The average molecular weight is 366 g/mol. The Morgan fingerprint density at radius 2 is 1.96 bits per heavy atom. The van der Waals surface area contributed by atoms with E-state index in [-0.39, 0.29) is 11.5 Å². The maximum atomic E-state index is 14.9. The highest BCUT2D eigenvalue weighted by Crippen LogP contribution is 2.36. The standard InChI is InChI=1S/C19H16F2N6/c1-11-8-22-12(2)17-24-16(25-27(11)17)7-19(20,21)15-10-26-9-13-5-3-4-6-14(13)18(26)23-15/h3-6,8,10H,7,9H2,1-2H3. The minimum Gasteiger partial charge on any atom is -0.326 e. The van der Waals surface area contributed by atoms with E-state index in [0.29, 0.717) is 23.7 Å². The molecule has 6 nitrogen and oxygen atoms in total. The van der Waals surface area contributed by atoms with Crippen molar-refractivity contribution in [3.8, 4) is 11.4 Å². The number of benzene rings is 1. The van der Waals surface area contributed by atoms with Crippen LogP contribution >= 0.6 is 0 Å². The maximum absolute atomic E-state index is 14.9. The fraction of sp³-hybridized carbons (Fsp3) is 0.263. The lowest BCUT2D eigenvalue weighted by molar-refractivity contribution is -0.00991. The molecule has 0 saturated carbocycles. The van der Waals surface area contributed by atoms with Gasteiger partial charge in [0.2, 0.25) is 0 Å². The summed E-state index contributed by atoms with van der Waals surface area (Å²) in [4.78, 5) is 12.7. The van der Waals surface area contributed by atoms with Gasteiger partial charge in [-0.25, -0.2) is 14.5 Å². The molecule has 1 aromatic carbocycles. The van der Waals surface area contributed by atoms with Gasteiger partial charge < -0.3 is 4.57 Å². The van der Waals surface area contributed by atoms with Crippen LogP contribution in [0.2, 0.25) is 0 Å². The number of nitrogens with zero attached hydrogens (tertiary/aromatic N) is 6. The van der Waals surface area contributed by atoms with Gasteiger partial charge in [-0.2, -0.15) is 13.9 Å². The van der Waals surface area contributed by atoms with Crippen LogP contribution < -0.4 is 0 Å². The molecule has 3 aromatic heterocycles. The Morgan fingerprint density at radius 3 is 2.78 bits per heavy atom. The van der Waals surface area contributed by atoms with Crippen LogP contribution in [0.15, 0.2) is 36.7 Å². The summed E-state index contributed by atoms with van der Waals surface area (Å²) in [5.41, 5.74) is 3.65. The molecule has 4 heterocycles. The molecule has 8 heteroatoms. The van der Waals surface area contributed by atoms with E-state index < -0.39 is 12.3 Å². The molecule has 5 rings (SSSR count). The second kappa shape index (κ2) is 5.42. The van der Waals surface area contributed by atoms with Crippen molar-refractivity contribution in [2.24, 2.45) is 0 Å². The summed E-state index contributed by atoms with van der Waals surface area (Å²) in [6.45, 7) is 4.15. The number of imidazole rings is 1. The Hall–Kier alpha value is -3.16. The summed E-state index contributed by atoms with van der Waals surface area (Å²) in [5.74, 6) is -2.50. The molecule has 27 heavy (non-hydrogen) atoms. The van der Waals surface area contributed by atoms with Gasteiger partial charge in [0.05, 0.1) is 17.8 Å². The molecule has 4 aromatic rings. The minimum atomic E-state index is -3.16. The molecule has 0 fully saturated rings. The minimum absolute atomic E-state index is 0.0766. The van der Waals surface area contributed by atoms with Gasteiger partial charge >= 0.3 is 0 Å². The lowest BCUT2D eigenvalue weighted by atomic mass is 10.1. The molecule has 0 amide bonds. The van der Waals surface area contributed by atoms with Gasteiger partial charge in [0, 0.05) is 24.5 Å². The molecule has 0 N–H and O–H groups in total. The topological polar surface area (TPSA) is 60.9 Å². The molecule has 0 aliphatic carbocycles. The SMILES string of the molecule is Cc1ncc(C)n2nc(CC(F)(F)c3cn4c(n3)-c3ccccc3C4)nc12. The smallest absolute Gasteiger partial charge is 0.298 e. The third-order valence-electron chi connectivity index (χ3n) is 4.88. The van der Waals surface area contributed by atoms with E-state index in [1.165, 1.54) is 6.20 Å². The molecular weight excluding hydrogens is 350 g/mol. The van der Waals surface area contributed by atoms with Crippen LogP contribution in [-0.2, 0) is 18.9 Å². The fourth-order valence-electron chi connectivity index (χ4n) is 3.49. The van der Waals surface area contributed by atoms with Crippen molar-refractivity contribution < 1.29 is 8.78 Å². The number of fused-ring (bicyclic) bond motifs is 4. The Labute approximate surface area is 153 Å². The van der Waals surface area contributed by atoms with E-state index >= 15 is 0 Å². The van der Waals surface area contributed by atoms with Crippen LogP contribution in [0.3, 0.4) is 0 Å². The van der Waals surface area contributed by atoms with Gasteiger partial charge in [0.25, 0.3) is 5.92 Å². The zero-order chi connectivity index (χ0) is 18.8. The summed E-state index contributed by atoms with van der Waals surface area (Å²) < 4.78 is 33.2. The molecule has 1 aliphatic rings. The van der Waals surface area contributed by atoms with Crippen molar-refractivity contribution in [1.82, 2.24) is 29.1 Å². The first-order valence-electron chi connectivity index (χ1n) is 8.64. The predicted molar refractivity (Wildman–Crippen MR) is 94.6 cm³/mol. The van der Waals surface area contributed by atoms with Crippen molar-refractivity contribution in [1.29, 1.82) is 0 Å². The molecule has 136 valence electrons. The monoisotopic (exact) mass is 366 g/mol. The van der Waals surface area contributed by atoms with Gasteiger partial charge in [-0.3, -0.25) is 4.98 Å². The Morgan fingerprint density at radius 1 is 1.15 bits per heavy atom. The van der Waals surface area contributed by atoms with Gasteiger partial charge in [0.1, 0.15) is 11.5 Å². The van der Waals surface area contributed by atoms with E-state index in [2.05, 4.69) is 20.1 Å². The Balaban J connectivity index is 1.50. The number of rotatable bonds is 3. The van der Waals surface area contributed by atoms with Crippen molar-refractivity contribution in [2.45, 2.75) is 32.7 Å². The van der Waals surface area contributed by atoms with E-state index in [4.69, 9.17) is 0 Å². The van der Waals surface area contributed by atoms with Gasteiger partial charge in [-0.05, 0) is 19.4 Å². The molecule has 1 aliphatic heterocycles. The molecule has 0 unspecified atom stereocenters. The quantitative estimate of drug-likeness (QED) is 0.492. The highest BCUT2D eigenvalue weighted by atomic mass is 19.3. The molecule has 0 atom stereocenters. The van der Waals surface area contributed by atoms with E-state index in [1.54, 1.807) is 22.2 Å². The van der Waals surface area contributed by atoms with Crippen LogP contribution in [-0.4, -0.2) is 29.1 Å². The van der Waals surface area contributed by atoms with Gasteiger partial charge in [-0.1, -0.05) is 24.3 Å². The van der Waals surface area contributed by atoms with E-state index in [1.807, 2.05) is 31.2 Å². The zero-order valence-electron chi connectivity index (χ0n) is 14.8. The zero-order valence-corrected chi connectivity index (χ0v) is 14.8.